The van der Waals surface area contributed by atoms with Gasteiger partial charge in [-0.1, -0.05) is 78.9 Å². The summed E-state index contributed by atoms with van der Waals surface area (Å²) in [5.74, 6) is 1.08. The normalized spacial score (nSPS) is 11.4. The van der Waals surface area contributed by atoms with Crippen molar-refractivity contribution in [2.75, 3.05) is 27.2 Å². The molecule has 0 aliphatic carbocycles. The lowest BCUT2D eigenvalue weighted by molar-refractivity contribution is 0.0734. The van der Waals surface area contributed by atoms with E-state index in [0.717, 1.165) is 30.7 Å². The summed E-state index contributed by atoms with van der Waals surface area (Å²) in [6.45, 7) is 1.56. The first-order chi connectivity index (χ1) is 18.1. The van der Waals surface area contributed by atoms with E-state index in [2.05, 4.69) is 47.4 Å². The molecule has 0 saturated carbocycles. The zero-order valence-corrected chi connectivity index (χ0v) is 21.5. The Morgan fingerprint density at radius 3 is 1.89 bits per heavy atom. The number of carbonyl (C=O) groups excluding carboxylic acids is 1. The molecule has 0 aliphatic rings. The van der Waals surface area contributed by atoms with E-state index in [0.29, 0.717) is 17.9 Å². The van der Waals surface area contributed by atoms with Gasteiger partial charge in [0.2, 0.25) is 0 Å². The second-order valence-corrected chi connectivity index (χ2v) is 9.17. The molecular weight excluding hydrogens is 458 g/mol. The molecule has 0 amide bonds. The van der Waals surface area contributed by atoms with Crippen molar-refractivity contribution in [3.8, 4) is 11.5 Å². The molecule has 4 aromatic rings. The molecule has 0 saturated heterocycles. The van der Waals surface area contributed by atoms with E-state index in [4.69, 9.17) is 9.47 Å². The maximum Gasteiger partial charge on any atom is 0.343 e. The van der Waals surface area contributed by atoms with Crippen molar-refractivity contribution in [1.82, 2.24) is 4.90 Å². The smallest absolute Gasteiger partial charge is 0.343 e. The Bertz CT molecular complexity index is 1280. The zero-order valence-electron chi connectivity index (χ0n) is 21.5. The summed E-state index contributed by atoms with van der Waals surface area (Å²) >= 11 is 0. The number of ether oxygens (including phenoxy) is 2. The van der Waals surface area contributed by atoms with Crippen molar-refractivity contribution in [1.29, 1.82) is 0 Å². The summed E-state index contributed by atoms with van der Waals surface area (Å²) in [4.78, 5) is 14.4. The number of esters is 1. The number of carbonyl (C=O) groups is 1. The molecule has 0 heterocycles. The first-order valence-corrected chi connectivity index (χ1v) is 12.5. The molecule has 0 bridgehead atoms. The number of rotatable bonds is 11. The summed E-state index contributed by atoms with van der Waals surface area (Å²) in [5, 5.41) is 0. The number of hydrogen-bond acceptors (Lipinski definition) is 4. The summed E-state index contributed by atoms with van der Waals surface area (Å²) < 4.78 is 11.3. The van der Waals surface area contributed by atoms with Crippen molar-refractivity contribution in [2.45, 2.75) is 12.8 Å². The molecule has 0 aromatic heterocycles. The predicted octanol–water partition coefficient (Wildman–Crippen LogP) is 6.72. The van der Waals surface area contributed by atoms with Crippen LogP contribution in [0.4, 0.5) is 0 Å². The van der Waals surface area contributed by atoms with Crippen LogP contribution in [0.25, 0.3) is 5.57 Å². The Hall–Kier alpha value is -4.15. The Balaban J connectivity index is 1.41. The topological polar surface area (TPSA) is 38.8 Å². The molecule has 4 nitrogen and oxygen atoms in total. The van der Waals surface area contributed by atoms with Crippen LogP contribution in [0.15, 0.2) is 115 Å². The Morgan fingerprint density at radius 2 is 1.27 bits per heavy atom. The highest BCUT2D eigenvalue weighted by Crippen LogP contribution is 2.23. The number of nitrogens with zero attached hydrogens (tertiary/aromatic N) is 1. The van der Waals surface area contributed by atoms with Crippen LogP contribution in [-0.4, -0.2) is 38.1 Å². The highest BCUT2D eigenvalue weighted by molar-refractivity contribution is 5.90. The van der Waals surface area contributed by atoms with Crippen molar-refractivity contribution in [2.24, 2.45) is 0 Å². The van der Waals surface area contributed by atoms with Crippen LogP contribution in [0.2, 0.25) is 0 Å². The maximum atomic E-state index is 12.3. The van der Waals surface area contributed by atoms with Crippen LogP contribution in [0.5, 0.6) is 11.5 Å². The van der Waals surface area contributed by atoms with Crippen LogP contribution < -0.4 is 9.47 Å². The average Bonchev–Trinajstić information content (AvgIpc) is 2.93. The van der Waals surface area contributed by atoms with Gasteiger partial charge in [0.1, 0.15) is 18.1 Å². The van der Waals surface area contributed by atoms with Gasteiger partial charge in [-0.05, 0) is 85.6 Å². The van der Waals surface area contributed by atoms with E-state index in [-0.39, 0.29) is 5.97 Å². The van der Waals surface area contributed by atoms with E-state index in [1.165, 1.54) is 16.7 Å². The van der Waals surface area contributed by atoms with Crippen LogP contribution >= 0.6 is 0 Å². The molecule has 0 atom stereocenters. The van der Waals surface area contributed by atoms with Gasteiger partial charge in [-0.2, -0.15) is 0 Å². The van der Waals surface area contributed by atoms with Gasteiger partial charge in [0.05, 0.1) is 5.56 Å². The standard InChI is InChI=1S/C33H33NO3/c1-34(2)23-24-36-31-19-16-27(17-20-31)25-30(28-9-5-3-6-10-28)18-13-26-14-21-32(22-15-26)37-33(35)29-11-7-4-8-12-29/h3-12,14-22H,13,23-25H2,1-2H3/b30-18-. The van der Waals surface area contributed by atoms with Gasteiger partial charge in [-0.25, -0.2) is 4.79 Å². The van der Waals surface area contributed by atoms with Gasteiger partial charge in [-0.3, -0.25) is 0 Å². The monoisotopic (exact) mass is 491 g/mol. The van der Waals surface area contributed by atoms with Gasteiger partial charge in [0.15, 0.2) is 0 Å². The van der Waals surface area contributed by atoms with Gasteiger partial charge >= 0.3 is 5.97 Å². The zero-order chi connectivity index (χ0) is 25.9. The lowest BCUT2D eigenvalue weighted by Crippen LogP contribution is -2.19. The lowest BCUT2D eigenvalue weighted by atomic mass is 9.96. The molecule has 0 spiro atoms. The Morgan fingerprint density at radius 1 is 0.703 bits per heavy atom. The fourth-order valence-corrected chi connectivity index (χ4v) is 3.89. The molecule has 0 N–H and O–H groups in total. The molecule has 4 heteroatoms. The van der Waals surface area contributed by atoms with Crippen molar-refractivity contribution in [3.63, 3.8) is 0 Å². The molecule has 37 heavy (non-hydrogen) atoms. The third kappa shape index (κ3) is 8.19. The third-order valence-electron chi connectivity index (χ3n) is 6.00. The first-order valence-electron chi connectivity index (χ1n) is 12.5. The summed E-state index contributed by atoms with van der Waals surface area (Å²) in [6, 6.07) is 35.6. The number of likely N-dealkylation sites (N-methyl/N-ethyl adjacent to an activating group) is 1. The number of hydrogen-bond donors (Lipinski definition) is 0. The Kier molecular flexibility index (Phi) is 9.28. The van der Waals surface area contributed by atoms with Gasteiger partial charge in [-0.15, -0.1) is 0 Å². The highest BCUT2D eigenvalue weighted by Gasteiger charge is 2.08. The van der Waals surface area contributed by atoms with Gasteiger partial charge < -0.3 is 14.4 Å². The van der Waals surface area contributed by atoms with E-state index in [1.54, 1.807) is 12.1 Å². The quantitative estimate of drug-likeness (QED) is 0.173. The second-order valence-electron chi connectivity index (χ2n) is 9.17. The molecule has 188 valence electrons. The van der Waals surface area contributed by atoms with E-state index >= 15 is 0 Å². The average molecular weight is 492 g/mol. The molecule has 4 rings (SSSR count). The summed E-state index contributed by atoms with van der Waals surface area (Å²) in [5.41, 5.74) is 5.40. The molecule has 0 radical (unpaired) electrons. The molecule has 4 aromatic carbocycles. The molecule has 0 unspecified atom stereocenters. The minimum absolute atomic E-state index is 0.353. The number of benzene rings is 4. The molecule has 0 fully saturated rings. The van der Waals surface area contributed by atoms with Gasteiger partial charge in [0.25, 0.3) is 0 Å². The molecular formula is C33H33NO3. The van der Waals surface area contributed by atoms with E-state index in [1.807, 2.05) is 74.8 Å². The Labute approximate surface area is 219 Å². The van der Waals surface area contributed by atoms with Crippen LogP contribution in [0.3, 0.4) is 0 Å². The lowest BCUT2D eigenvalue weighted by Gasteiger charge is -2.12. The van der Waals surface area contributed by atoms with Crippen molar-refractivity contribution >= 4 is 11.5 Å². The fourth-order valence-electron chi connectivity index (χ4n) is 3.89. The SMILES string of the molecule is CN(C)CCOc1ccc(C/C(=C/Cc2ccc(OC(=O)c3ccccc3)cc2)c2ccccc2)cc1. The minimum Gasteiger partial charge on any atom is -0.492 e. The van der Waals surface area contributed by atoms with E-state index in [9.17, 15) is 4.79 Å². The van der Waals surface area contributed by atoms with Crippen LogP contribution in [0, 0.1) is 0 Å². The van der Waals surface area contributed by atoms with Gasteiger partial charge in [0, 0.05) is 6.54 Å². The number of allylic oxidation sites excluding steroid dienone is 2. The minimum atomic E-state index is -0.353. The summed E-state index contributed by atoms with van der Waals surface area (Å²) in [6.07, 6.45) is 3.89. The largest absolute Gasteiger partial charge is 0.492 e. The fraction of sp³-hybridized carbons (Fsp3) is 0.182. The third-order valence-corrected chi connectivity index (χ3v) is 6.00. The van der Waals surface area contributed by atoms with E-state index < -0.39 is 0 Å². The maximum absolute atomic E-state index is 12.3. The first kappa shape index (κ1) is 25.9. The predicted molar refractivity (Wildman–Crippen MR) is 150 cm³/mol. The highest BCUT2D eigenvalue weighted by atomic mass is 16.5. The molecule has 0 aliphatic heterocycles. The second kappa shape index (κ2) is 13.2. The summed E-state index contributed by atoms with van der Waals surface area (Å²) in [7, 11) is 4.08. The van der Waals surface area contributed by atoms with Crippen LogP contribution in [-0.2, 0) is 12.8 Å². The van der Waals surface area contributed by atoms with Crippen molar-refractivity contribution < 1.29 is 14.3 Å². The van der Waals surface area contributed by atoms with Crippen molar-refractivity contribution in [3.05, 3.63) is 138 Å². The van der Waals surface area contributed by atoms with Crippen LogP contribution in [0.1, 0.15) is 27.0 Å².